The van der Waals surface area contributed by atoms with Gasteiger partial charge in [-0.1, -0.05) is 37.1 Å². The number of carboxylic acid groups (broad SMARTS) is 1. The number of urea groups is 2. The summed E-state index contributed by atoms with van der Waals surface area (Å²) in [6, 6.07) is 9.58. The number of rotatable bonds is 12. The van der Waals surface area contributed by atoms with Crippen molar-refractivity contribution in [2.24, 2.45) is 5.92 Å². The fraction of sp³-hybridized carbons (Fsp3) is 0.452. The minimum Gasteiger partial charge on any atom is -0.550 e. The fourth-order valence-electron chi connectivity index (χ4n) is 5.15. The Morgan fingerprint density at radius 2 is 1.73 bits per heavy atom. The minimum atomic E-state index is -1.31. The van der Waals surface area contributed by atoms with E-state index in [-0.39, 0.29) is 48.4 Å². The van der Waals surface area contributed by atoms with Gasteiger partial charge in [-0.25, -0.2) is 14.5 Å². The van der Waals surface area contributed by atoms with Gasteiger partial charge >= 0.3 is 41.6 Å². The van der Waals surface area contributed by atoms with Crippen LogP contribution in [-0.4, -0.2) is 64.4 Å². The zero-order valence-corrected chi connectivity index (χ0v) is 28.1. The van der Waals surface area contributed by atoms with E-state index in [1.807, 2.05) is 25.1 Å². The van der Waals surface area contributed by atoms with Crippen LogP contribution in [0.4, 0.5) is 21.0 Å². The van der Waals surface area contributed by atoms with Gasteiger partial charge < -0.3 is 35.5 Å². The first-order chi connectivity index (χ1) is 20.3. The second kappa shape index (κ2) is 14.4. The Bertz CT molecular complexity index is 1430. The number of carbonyl (C=O) groups is 5. The molecule has 1 saturated heterocycles. The van der Waals surface area contributed by atoms with E-state index in [1.165, 1.54) is 18.9 Å². The van der Waals surface area contributed by atoms with Gasteiger partial charge in [0.15, 0.2) is 0 Å². The van der Waals surface area contributed by atoms with Crippen molar-refractivity contribution in [2.75, 3.05) is 17.7 Å². The number of hydrogen-bond donors (Lipinski definition) is 3. The summed E-state index contributed by atoms with van der Waals surface area (Å²) >= 11 is 0. The molecule has 0 spiro atoms. The van der Waals surface area contributed by atoms with Gasteiger partial charge in [0.2, 0.25) is 5.91 Å². The van der Waals surface area contributed by atoms with E-state index >= 15 is 0 Å². The molecule has 3 N–H and O–H groups in total. The maximum atomic E-state index is 13.8. The Morgan fingerprint density at radius 3 is 2.34 bits per heavy atom. The Balaban J connectivity index is 0.00000529. The zero-order valence-electron chi connectivity index (χ0n) is 26.1. The number of hydrogen-bond acceptors (Lipinski definition) is 7. The van der Waals surface area contributed by atoms with Crippen LogP contribution in [0.3, 0.4) is 0 Å². The van der Waals surface area contributed by atoms with E-state index in [0.29, 0.717) is 29.1 Å². The molecule has 0 aromatic heterocycles. The molecule has 44 heavy (non-hydrogen) atoms. The van der Waals surface area contributed by atoms with Gasteiger partial charge in [-0.2, -0.15) is 0 Å². The van der Waals surface area contributed by atoms with E-state index in [1.54, 1.807) is 38.1 Å². The zero-order chi connectivity index (χ0) is 31.5. The van der Waals surface area contributed by atoms with Gasteiger partial charge in [-0.3, -0.25) is 9.59 Å². The number of nitrogens with one attached hydrogen (secondary N) is 3. The van der Waals surface area contributed by atoms with Crippen LogP contribution in [0, 0.1) is 12.8 Å². The van der Waals surface area contributed by atoms with Gasteiger partial charge in [0.1, 0.15) is 17.3 Å². The molecule has 0 bridgehead atoms. The number of imide groups is 1. The molecule has 2 aromatic carbocycles. The number of amides is 6. The number of aliphatic carboxylic acids is 1. The second-order valence-electron chi connectivity index (χ2n) is 11.7. The first-order valence-corrected chi connectivity index (χ1v) is 14.3. The average Bonchev–Trinajstić information content (AvgIpc) is 3.74. The smallest absolute Gasteiger partial charge is 0.550 e. The van der Waals surface area contributed by atoms with Crippen LogP contribution in [0.15, 0.2) is 42.5 Å². The summed E-state index contributed by atoms with van der Waals surface area (Å²) in [4.78, 5) is 66.7. The molecular formula is C31H38N5NaO7. The van der Waals surface area contributed by atoms with Crippen molar-refractivity contribution in [1.29, 1.82) is 0 Å². The molecule has 4 rings (SSSR count). The van der Waals surface area contributed by atoms with Crippen LogP contribution in [0.1, 0.15) is 57.6 Å². The summed E-state index contributed by atoms with van der Waals surface area (Å²) in [5.41, 5.74) is 1.37. The summed E-state index contributed by atoms with van der Waals surface area (Å²) in [5, 5.41) is 19.2. The monoisotopic (exact) mass is 615 g/mol. The third kappa shape index (κ3) is 8.10. The third-order valence-corrected chi connectivity index (χ3v) is 7.83. The molecule has 2 aliphatic rings. The molecule has 1 heterocycles. The second-order valence-corrected chi connectivity index (χ2v) is 11.7. The maximum absolute atomic E-state index is 13.8. The molecule has 0 radical (unpaired) electrons. The average molecular weight is 616 g/mol. The summed E-state index contributed by atoms with van der Waals surface area (Å²) in [7, 11) is 1.46. The molecule has 2 aromatic rings. The molecule has 13 heteroatoms. The molecule has 6 amide bonds. The number of aryl methyl sites for hydroxylation is 1. The molecule has 1 saturated carbocycles. The van der Waals surface area contributed by atoms with Gasteiger partial charge in [0, 0.05) is 30.7 Å². The quantitative estimate of drug-likeness (QED) is 0.224. The Labute approximate surface area is 279 Å². The maximum Gasteiger partial charge on any atom is 1.00 e. The number of nitrogens with zero attached hydrogens (tertiary/aromatic N) is 2. The standard InChI is InChI=1S/C31H39N5O7.Na/c1-18-8-6-7-9-22(18)33-29(41)34-23-13-12-21(16-25(23)43-5)17-35-30(42)36(28(40)31(35,3)4)24(15-20-10-11-20)27(39)32-19(2)14-26(37)38;/h6-9,12-13,16,19-20,24H,10-11,14-15,17H2,1-5H3,(H,32,39)(H,37,38)(H2,33,34,41);/q;+1/p-1. The molecule has 2 unspecified atom stereocenters. The topological polar surface area (TPSA) is 160 Å². The van der Waals surface area contributed by atoms with E-state index in [4.69, 9.17) is 4.74 Å². The number of anilines is 2. The van der Waals surface area contributed by atoms with Crippen LogP contribution < -0.4 is 55.4 Å². The normalized spacial score (nSPS) is 16.9. The van der Waals surface area contributed by atoms with Crippen molar-refractivity contribution in [3.05, 3.63) is 53.6 Å². The molecule has 1 aliphatic heterocycles. The predicted molar refractivity (Wildman–Crippen MR) is 157 cm³/mol. The Morgan fingerprint density at radius 1 is 1.07 bits per heavy atom. The number of ether oxygens (including phenoxy) is 1. The van der Waals surface area contributed by atoms with Crippen LogP contribution >= 0.6 is 0 Å². The molecular weight excluding hydrogens is 577 g/mol. The van der Waals surface area contributed by atoms with Crippen molar-refractivity contribution in [1.82, 2.24) is 15.1 Å². The number of para-hydroxylation sites is 1. The van der Waals surface area contributed by atoms with Gasteiger partial charge in [-0.15, -0.1) is 0 Å². The van der Waals surface area contributed by atoms with Crippen molar-refractivity contribution in [3.8, 4) is 5.75 Å². The number of carbonyl (C=O) groups excluding carboxylic acids is 5. The van der Waals surface area contributed by atoms with E-state index in [9.17, 15) is 29.1 Å². The Hall–Kier alpha value is -3.61. The SMILES string of the molecule is COc1cc(CN2C(=O)N(C(CC3CC3)C(=O)NC(C)CC(=O)[O-])C(=O)C2(C)C)ccc1NC(=O)Nc1ccccc1C.[Na+]. The summed E-state index contributed by atoms with van der Waals surface area (Å²) < 4.78 is 5.51. The van der Waals surface area contributed by atoms with Crippen LogP contribution in [-0.2, 0) is 20.9 Å². The summed E-state index contributed by atoms with van der Waals surface area (Å²) in [6.45, 7) is 6.71. The fourth-order valence-corrected chi connectivity index (χ4v) is 5.15. The number of carboxylic acids is 1. The summed E-state index contributed by atoms with van der Waals surface area (Å²) in [5.74, 6) is -1.82. The molecule has 1 aliphatic carbocycles. The summed E-state index contributed by atoms with van der Waals surface area (Å²) in [6.07, 6.45) is 1.71. The van der Waals surface area contributed by atoms with Gasteiger partial charge in [-0.05, 0) is 69.4 Å². The number of methoxy groups -OCH3 is 1. The van der Waals surface area contributed by atoms with Crippen LogP contribution in [0.25, 0.3) is 0 Å². The first-order valence-electron chi connectivity index (χ1n) is 14.3. The van der Waals surface area contributed by atoms with E-state index in [2.05, 4.69) is 16.0 Å². The van der Waals surface area contributed by atoms with Gasteiger partial charge in [0.05, 0.1) is 12.8 Å². The third-order valence-electron chi connectivity index (χ3n) is 7.83. The van der Waals surface area contributed by atoms with Crippen molar-refractivity contribution in [2.45, 2.75) is 77.5 Å². The molecule has 12 nitrogen and oxygen atoms in total. The van der Waals surface area contributed by atoms with Crippen molar-refractivity contribution >= 4 is 41.2 Å². The van der Waals surface area contributed by atoms with E-state index in [0.717, 1.165) is 23.3 Å². The van der Waals surface area contributed by atoms with Crippen LogP contribution in [0.2, 0.25) is 0 Å². The Kier molecular flexibility index (Phi) is 11.5. The van der Waals surface area contributed by atoms with Crippen molar-refractivity contribution < 1.29 is 63.4 Å². The molecule has 2 atom stereocenters. The minimum absolute atomic E-state index is 0. The number of benzene rings is 2. The van der Waals surface area contributed by atoms with Crippen LogP contribution in [0.5, 0.6) is 5.75 Å². The van der Waals surface area contributed by atoms with Crippen molar-refractivity contribution in [3.63, 3.8) is 0 Å². The van der Waals surface area contributed by atoms with Gasteiger partial charge in [0.25, 0.3) is 5.91 Å². The first kappa shape index (κ1) is 34.9. The predicted octanol–water partition coefficient (Wildman–Crippen LogP) is 0.00782. The molecule has 230 valence electrons. The largest absolute Gasteiger partial charge is 1.00 e. The molecule has 2 fully saturated rings. The van der Waals surface area contributed by atoms with E-state index < -0.39 is 47.5 Å².